The summed E-state index contributed by atoms with van der Waals surface area (Å²) in [7, 11) is 5.12. The first-order valence-corrected chi connectivity index (χ1v) is 9.53. The molecule has 1 aromatic carbocycles. The minimum atomic E-state index is -0.791. The smallest absolute Gasteiger partial charge is 0.295 e. The monoisotopic (exact) mass is 404 g/mol. The standard InChI is InChI=1S/C20H21FN2O4S/c1-22(2)8-9-23-17(15-5-4-10-28-15)16(19(25)20(23)26)18(24)13-11-12(21)6-7-14(13)27-3/h4-7,10-11,17,24H,8-9H2,1-3H3/b18-16+/t17-/m0/s1. The third-order valence-corrected chi connectivity index (χ3v) is 5.48. The van der Waals surface area contributed by atoms with E-state index in [1.165, 1.54) is 35.5 Å². The van der Waals surface area contributed by atoms with Crippen LogP contribution in [0.1, 0.15) is 16.5 Å². The van der Waals surface area contributed by atoms with Crippen molar-refractivity contribution in [3.05, 3.63) is 57.5 Å². The van der Waals surface area contributed by atoms with Crippen LogP contribution in [-0.4, -0.2) is 60.9 Å². The number of carbonyl (C=O) groups excluding carboxylic acids is 2. The van der Waals surface area contributed by atoms with Crippen molar-refractivity contribution in [1.29, 1.82) is 0 Å². The number of rotatable bonds is 6. The molecule has 8 heteroatoms. The Hall–Kier alpha value is -2.71. The number of carbonyl (C=O) groups is 2. The summed E-state index contributed by atoms with van der Waals surface area (Å²) in [6, 6.07) is 6.55. The van der Waals surface area contributed by atoms with E-state index in [-0.39, 0.29) is 16.9 Å². The summed E-state index contributed by atoms with van der Waals surface area (Å²) in [5, 5.41) is 12.8. The van der Waals surface area contributed by atoms with Crippen LogP contribution in [0.3, 0.4) is 0 Å². The minimum Gasteiger partial charge on any atom is -0.507 e. The van der Waals surface area contributed by atoms with Crippen molar-refractivity contribution < 1.29 is 23.8 Å². The maximum Gasteiger partial charge on any atom is 0.295 e. The van der Waals surface area contributed by atoms with Crippen LogP contribution >= 0.6 is 11.3 Å². The molecule has 0 saturated carbocycles. The first-order valence-electron chi connectivity index (χ1n) is 8.65. The molecule has 1 fully saturated rings. The van der Waals surface area contributed by atoms with Crippen LogP contribution in [0.2, 0.25) is 0 Å². The Labute approximate surface area is 166 Å². The molecule has 2 heterocycles. The lowest BCUT2D eigenvalue weighted by molar-refractivity contribution is -0.140. The summed E-state index contributed by atoms with van der Waals surface area (Å²) in [5.74, 6) is -2.29. The molecular weight excluding hydrogens is 383 g/mol. The topological polar surface area (TPSA) is 70.1 Å². The normalized spacial score (nSPS) is 18.9. The molecule has 0 bridgehead atoms. The van der Waals surface area contributed by atoms with E-state index in [2.05, 4.69) is 0 Å². The lowest BCUT2D eigenvalue weighted by atomic mass is 9.99. The first-order chi connectivity index (χ1) is 13.3. The molecular formula is C20H21FN2O4S. The van der Waals surface area contributed by atoms with Crippen molar-refractivity contribution in [3.63, 3.8) is 0 Å². The second-order valence-electron chi connectivity index (χ2n) is 6.66. The number of amides is 1. The van der Waals surface area contributed by atoms with E-state index in [0.29, 0.717) is 13.1 Å². The summed E-state index contributed by atoms with van der Waals surface area (Å²) in [5.41, 5.74) is -0.0234. The second-order valence-corrected chi connectivity index (χ2v) is 7.64. The molecule has 0 spiro atoms. The Balaban J connectivity index is 2.17. The largest absolute Gasteiger partial charge is 0.507 e. The quantitative estimate of drug-likeness (QED) is 0.456. The molecule has 0 aliphatic carbocycles. The van der Waals surface area contributed by atoms with Crippen LogP contribution in [0.15, 0.2) is 41.3 Å². The highest BCUT2D eigenvalue weighted by molar-refractivity contribution is 7.10. The van der Waals surface area contributed by atoms with E-state index in [9.17, 15) is 19.1 Å². The van der Waals surface area contributed by atoms with Gasteiger partial charge < -0.3 is 19.6 Å². The number of halogens is 1. The maximum absolute atomic E-state index is 13.8. The predicted molar refractivity (Wildman–Crippen MR) is 105 cm³/mol. The van der Waals surface area contributed by atoms with Crippen LogP contribution in [0.25, 0.3) is 5.76 Å². The first kappa shape index (κ1) is 20.0. The van der Waals surface area contributed by atoms with E-state index in [1.54, 1.807) is 6.07 Å². The summed E-state index contributed by atoms with van der Waals surface area (Å²) < 4.78 is 19.0. The minimum absolute atomic E-state index is 0.0367. The average molecular weight is 404 g/mol. The fourth-order valence-electron chi connectivity index (χ4n) is 3.17. The van der Waals surface area contributed by atoms with Gasteiger partial charge in [0.25, 0.3) is 11.7 Å². The molecule has 1 aliphatic rings. The van der Waals surface area contributed by atoms with Crippen molar-refractivity contribution in [2.75, 3.05) is 34.3 Å². The molecule has 0 radical (unpaired) electrons. The molecule has 1 saturated heterocycles. The molecule has 6 nitrogen and oxygen atoms in total. The van der Waals surface area contributed by atoms with Crippen molar-refractivity contribution in [1.82, 2.24) is 9.80 Å². The number of hydrogen-bond donors (Lipinski definition) is 1. The van der Waals surface area contributed by atoms with Gasteiger partial charge in [0.2, 0.25) is 0 Å². The number of likely N-dealkylation sites (tertiary alicyclic amines) is 1. The summed E-state index contributed by atoms with van der Waals surface area (Å²) in [4.78, 5) is 29.6. The molecule has 3 rings (SSSR count). The van der Waals surface area contributed by atoms with Crippen molar-refractivity contribution in [2.24, 2.45) is 0 Å². The molecule has 2 aromatic rings. The molecule has 1 aliphatic heterocycles. The van der Waals surface area contributed by atoms with Crippen LogP contribution < -0.4 is 4.74 Å². The third kappa shape index (κ3) is 3.65. The maximum atomic E-state index is 13.8. The molecule has 1 aromatic heterocycles. The molecule has 1 N–H and O–H groups in total. The van der Waals surface area contributed by atoms with E-state index in [4.69, 9.17) is 4.74 Å². The van der Waals surface area contributed by atoms with E-state index in [0.717, 1.165) is 10.9 Å². The Kier molecular flexibility index (Phi) is 5.81. The van der Waals surface area contributed by atoms with Crippen LogP contribution in [-0.2, 0) is 9.59 Å². The van der Waals surface area contributed by atoms with Gasteiger partial charge in [-0.1, -0.05) is 6.07 Å². The number of benzene rings is 1. The second kappa shape index (κ2) is 8.12. The lowest BCUT2D eigenvalue weighted by Crippen LogP contribution is -2.35. The number of aliphatic hydroxyl groups is 1. The van der Waals surface area contributed by atoms with Gasteiger partial charge in [-0.15, -0.1) is 11.3 Å². The van der Waals surface area contributed by atoms with E-state index >= 15 is 0 Å². The number of aliphatic hydroxyl groups excluding tert-OH is 1. The molecule has 0 unspecified atom stereocenters. The van der Waals surface area contributed by atoms with Gasteiger partial charge in [0.05, 0.1) is 24.3 Å². The number of Topliss-reactive ketones (excluding diaryl/α,β-unsaturated/α-hetero) is 1. The number of nitrogens with zero attached hydrogens (tertiary/aromatic N) is 2. The lowest BCUT2D eigenvalue weighted by Gasteiger charge is -2.25. The Morgan fingerprint density at radius 2 is 2.07 bits per heavy atom. The summed E-state index contributed by atoms with van der Waals surface area (Å²) in [6.07, 6.45) is 0. The highest BCUT2D eigenvalue weighted by atomic mass is 32.1. The molecule has 1 atom stereocenters. The van der Waals surface area contributed by atoms with Crippen molar-refractivity contribution >= 4 is 28.8 Å². The van der Waals surface area contributed by atoms with Gasteiger partial charge in [-0.05, 0) is 43.7 Å². The van der Waals surface area contributed by atoms with Crippen LogP contribution in [0.5, 0.6) is 5.75 Å². The Morgan fingerprint density at radius 1 is 1.32 bits per heavy atom. The van der Waals surface area contributed by atoms with Gasteiger partial charge in [0, 0.05) is 18.0 Å². The van der Waals surface area contributed by atoms with Gasteiger partial charge in [-0.2, -0.15) is 0 Å². The zero-order chi connectivity index (χ0) is 20.4. The highest BCUT2D eigenvalue weighted by Crippen LogP contribution is 2.42. The molecule has 1 amide bonds. The molecule has 28 heavy (non-hydrogen) atoms. The van der Waals surface area contributed by atoms with Gasteiger partial charge in [0.1, 0.15) is 17.3 Å². The van der Waals surface area contributed by atoms with E-state index < -0.39 is 29.3 Å². The predicted octanol–water partition coefficient (Wildman–Crippen LogP) is 2.88. The van der Waals surface area contributed by atoms with Gasteiger partial charge in [-0.25, -0.2) is 4.39 Å². The number of thiophene rings is 1. The fourth-order valence-corrected chi connectivity index (χ4v) is 4.02. The fraction of sp³-hybridized carbons (Fsp3) is 0.300. The number of ether oxygens (including phenoxy) is 1. The number of hydrogen-bond acceptors (Lipinski definition) is 6. The van der Waals surface area contributed by atoms with Crippen molar-refractivity contribution in [3.8, 4) is 5.75 Å². The van der Waals surface area contributed by atoms with Crippen LogP contribution in [0.4, 0.5) is 4.39 Å². The number of likely N-dealkylation sites (N-methyl/N-ethyl adjacent to an activating group) is 1. The van der Waals surface area contributed by atoms with E-state index in [1.807, 2.05) is 30.4 Å². The van der Waals surface area contributed by atoms with Gasteiger partial charge in [0.15, 0.2) is 0 Å². The average Bonchev–Trinajstić information content (AvgIpc) is 3.27. The SMILES string of the molecule is COc1ccc(F)cc1/C(O)=C1\C(=O)C(=O)N(CCN(C)C)[C@H]1c1cccs1. The van der Waals surface area contributed by atoms with Gasteiger partial charge >= 0.3 is 0 Å². The number of methoxy groups -OCH3 is 1. The van der Waals surface area contributed by atoms with Crippen molar-refractivity contribution in [2.45, 2.75) is 6.04 Å². The van der Waals surface area contributed by atoms with Crippen LogP contribution in [0, 0.1) is 5.82 Å². The Bertz CT molecular complexity index is 924. The third-order valence-electron chi connectivity index (χ3n) is 4.56. The zero-order valence-corrected chi connectivity index (χ0v) is 16.6. The summed E-state index contributed by atoms with van der Waals surface area (Å²) >= 11 is 1.38. The number of ketones is 1. The Morgan fingerprint density at radius 3 is 2.68 bits per heavy atom. The molecule has 148 valence electrons. The highest BCUT2D eigenvalue weighted by Gasteiger charge is 2.46. The van der Waals surface area contributed by atoms with Gasteiger partial charge in [-0.3, -0.25) is 9.59 Å². The zero-order valence-electron chi connectivity index (χ0n) is 15.8. The summed E-state index contributed by atoms with van der Waals surface area (Å²) in [6.45, 7) is 0.870.